The van der Waals surface area contributed by atoms with Crippen LogP contribution < -0.4 is 5.32 Å². The highest BCUT2D eigenvalue weighted by Crippen LogP contribution is 2.17. The summed E-state index contributed by atoms with van der Waals surface area (Å²) in [5.74, 6) is 0. The Balaban J connectivity index is 2.48. The average Bonchev–Trinajstić information content (AvgIpc) is 2.29. The highest BCUT2D eigenvalue weighted by molar-refractivity contribution is 5.13. The molecule has 0 amide bonds. The minimum Gasteiger partial charge on any atom is -0.393 e. The van der Waals surface area contributed by atoms with Crippen molar-refractivity contribution in [1.29, 1.82) is 0 Å². The van der Waals surface area contributed by atoms with Gasteiger partial charge in [0, 0.05) is 18.4 Å². The van der Waals surface area contributed by atoms with E-state index in [0.717, 1.165) is 25.8 Å². The Kier molecular flexibility index (Phi) is 6.04. The summed E-state index contributed by atoms with van der Waals surface area (Å²) in [6.45, 7) is 4.84. The maximum absolute atomic E-state index is 9.21. The molecule has 2 atom stereocenters. The number of aliphatic hydroxyl groups is 1. The molecular formula is C13H22N2O. The Morgan fingerprint density at radius 2 is 2.25 bits per heavy atom. The molecule has 3 heteroatoms. The molecule has 1 aromatic heterocycles. The molecule has 16 heavy (non-hydrogen) atoms. The van der Waals surface area contributed by atoms with Gasteiger partial charge in [-0.15, -0.1) is 0 Å². The van der Waals surface area contributed by atoms with E-state index in [9.17, 15) is 5.11 Å². The molecule has 0 fully saturated rings. The molecule has 0 saturated carbocycles. The number of rotatable bonds is 7. The summed E-state index contributed by atoms with van der Waals surface area (Å²) in [6.07, 6.45) is 6.51. The van der Waals surface area contributed by atoms with Crippen molar-refractivity contribution >= 4 is 0 Å². The first-order valence-electron chi connectivity index (χ1n) is 6.05. The molecule has 90 valence electrons. The lowest BCUT2D eigenvalue weighted by molar-refractivity contribution is 0.182. The fraction of sp³-hybridized carbons (Fsp3) is 0.615. The van der Waals surface area contributed by atoms with Gasteiger partial charge in [0.15, 0.2) is 0 Å². The first kappa shape index (κ1) is 13.1. The lowest BCUT2D eigenvalue weighted by Crippen LogP contribution is -2.24. The van der Waals surface area contributed by atoms with E-state index in [1.807, 2.05) is 19.2 Å². The number of hydrogen-bond donors (Lipinski definition) is 2. The summed E-state index contributed by atoms with van der Waals surface area (Å²) in [6, 6.07) is 4.43. The zero-order valence-electron chi connectivity index (χ0n) is 10.2. The van der Waals surface area contributed by atoms with Gasteiger partial charge < -0.3 is 10.4 Å². The third-order valence-corrected chi connectivity index (χ3v) is 2.62. The van der Waals surface area contributed by atoms with Crippen molar-refractivity contribution in [2.75, 3.05) is 6.54 Å². The zero-order chi connectivity index (χ0) is 11.8. The number of aliphatic hydroxyl groups excluding tert-OH is 1. The van der Waals surface area contributed by atoms with Crippen LogP contribution in [0.25, 0.3) is 0 Å². The summed E-state index contributed by atoms with van der Waals surface area (Å²) in [5, 5.41) is 12.7. The van der Waals surface area contributed by atoms with E-state index < -0.39 is 0 Å². The molecule has 0 radical (unpaired) electrons. The first-order chi connectivity index (χ1) is 7.74. The second-order valence-corrected chi connectivity index (χ2v) is 4.22. The second-order valence-electron chi connectivity index (χ2n) is 4.22. The van der Waals surface area contributed by atoms with E-state index in [2.05, 4.69) is 23.3 Å². The molecule has 0 bridgehead atoms. The lowest BCUT2D eigenvalue weighted by atomic mass is 10.0. The molecule has 0 aliphatic carbocycles. The molecule has 2 unspecified atom stereocenters. The second kappa shape index (κ2) is 7.36. The van der Waals surface area contributed by atoms with Gasteiger partial charge in [-0.1, -0.05) is 19.4 Å². The predicted octanol–water partition coefficient (Wildman–Crippen LogP) is 2.28. The first-order valence-corrected chi connectivity index (χ1v) is 6.05. The maximum atomic E-state index is 9.21. The summed E-state index contributed by atoms with van der Waals surface area (Å²) in [5.41, 5.74) is 1.23. The van der Waals surface area contributed by atoms with Crippen LogP contribution in [0, 0.1) is 0 Å². The van der Waals surface area contributed by atoms with Crippen molar-refractivity contribution in [1.82, 2.24) is 10.3 Å². The van der Waals surface area contributed by atoms with Crippen molar-refractivity contribution in [2.45, 2.75) is 45.3 Å². The van der Waals surface area contributed by atoms with Crippen LogP contribution >= 0.6 is 0 Å². The zero-order valence-corrected chi connectivity index (χ0v) is 10.2. The fourth-order valence-corrected chi connectivity index (χ4v) is 1.72. The average molecular weight is 222 g/mol. The molecule has 0 aliphatic heterocycles. The number of nitrogens with zero attached hydrogens (tertiary/aromatic N) is 1. The largest absolute Gasteiger partial charge is 0.393 e. The van der Waals surface area contributed by atoms with Gasteiger partial charge in [-0.2, -0.15) is 0 Å². The third-order valence-electron chi connectivity index (χ3n) is 2.62. The Hall–Kier alpha value is -0.930. The van der Waals surface area contributed by atoms with Crippen LogP contribution in [0.5, 0.6) is 0 Å². The molecule has 1 heterocycles. The highest BCUT2D eigenvalue weighted by atomic mass is 16.3. The van der Waals surface area contributed by atoms with E-state index in [0.29, 0.717) is 6.04 Å². The van der Waals surface area contributed by atoms with Crippen LogP contribution in [-0.2, 0) is 0 Å². The summed E-state index contributed by atoms with van der Waals surface area (Å²) in [7, 11) is 0. The van der Waals surface area contributed by atoms with Gasteiger partial charge in [0.1, 0.15) is 0 Å². The quantitative estimate of drug-likeness (QED) is 0.744. The van der Waals surface area contributed by atoms with Crippen LogP contribution in [0.4, 0.5) is 0 Å². The normalized spacial score (nSPS) is 14.7. The number of aromatic nitrogens is 1. The van der Waals surface area contributed by atoms with Crippen molar-refractivity contribution in [3.63, 3.8) is 0 Å². The molecule has 3 nitrogen and oxygen atoms in total. The standard InChI is InChI=1S/C13H22N2O/c1-3-5-13(15-9-7-11(2)16)12-6-4-8-14-10-12/h4,6,8,10-11,13,15-16H,3,5,7,9H2,1-2H3. The van der Waals surface area contributed by atoms with Gasteiger partial charge in [0.05, 0.1) is 6.10 Å². The topological polar surface area (TPSA) is 45.1 Å². The van der Waals surface area contributed by atoms with Gasteiger partial charge in [-0.3, -0.25) is 4.98 Å². The van der Waals surface area contributed by atoms with Gasteiger partial charge >= 0.3 is 0 Å². The molecule has 0 aliphatic rings. The number of nitrogens with one attached hydrogen (secondary N) is 1. The molecule has 1 aromatic rings. The number of hydrogen-bond acceptors (Lipinski definition) is 3. The molecule has 0 saturated heterocycles. The monoisotopic (exact) mass is 222 g/mol. The van der Waals surface area contributed by atoms with Crippen LogP contribution in [-0.4, -0.2) is 22.7 Å². The minimum atomic E-state index is -0.233. The smallest absolute Gasteiger partial charge is 0.0524 e. The Labute approximate surface area is 97.9 Å². The van der Waals surface area contributed by atoms with Crippen LogP contribution in [0.1, 0.15) is 44.7 Å². The summed E-state index contributed by atoms with van der Waals surface area (Å²) >= 11 is 0. The fourth-order valence-electron chi connectivity index (χ4n) is 1.72. The Morgan fingerprint density at radius 1 is 1.44 bits per heavy atom. The van der Waals surface area contributed by atoms with Crippen LogP contribution in [0.15, 0.2) is 24.5 Å². The summed E-state index contributed by atoms with van der Waals surface area (Å²) in [4.78, 5) is 4.14. The van der Waals surface area contributed by atoms with Crippen molar-refractivity contribution < 1.29 is 5.11 Å². The van der Waals surface area contributed by atoms with Gasteiger partial charge in [0.2, 0.25) is 0 Å². The van der Waals surface area contributed by atoms with Crippen LogP contribution in [0.3, 0.4) is 0 Å². The van der Waals surface area contributed by atoms with E-state index in [1.54, 1.807) is 6.20 Å². The van der Waals surface area contributed by atoms with E-state index in [-0.39, 0.29) is 6.10 Å². The molecule has 2 N–H and O–H groups in total. The minimum absolute atomic E-state index is 0.233. The third kappa shape index (κ3) is 4.73. The lowest BCUT2D eigenvalue weighted by Gasteiger charge is -2.18. The molecule has 0 aromatic carbocycles. The number of pyridine rings is 1. The van der Waals surface area contributed by atoms with Crippen molar-refractivity contribution in [3.05, 3.63) is 30.1 Å². The maximum Gasteiger partial charge on any atom is 0.0524 e. The van der Waals surface area contributed by atoms with E-state index >= 15 is 0 Å². The SMILES string of the molecule is CCCC(NCCC(C)O)c1cccnc1. The van der Waals surface area contributed by atoms with E-state index in [4.69, 9.17) is 0 Å². The van der Waals surface area contributed by atoms with E-state index in [1.165, 1.54) is 5.56 Å². The molecule has 1 rings (SSSR count). The molecule has 0 spiro atoms. The van der Waals surface area contributed by atoms with Gasteiger partial charge in [-0.25, -0.2) is 0 Å². The highest BCUT2D eigenvalue weighted by Gasteiger charge is 2.09. The Bertz CT molecular complexity index is 275. The van der Waals surface area contributed by atoms with Gasteiger partial charge in [-0.05, 0) is 37.9 Å². The van der Waals surface area contributed by atoms with Crippen molar-refractivity contribution in [2.24, 2.45) is 0 Å². The van der Waals surface area contributed by atoms with Crippen molar-refractivity contribution in [3.8, 4) is 0 Å². The van der Waals surface area contributed by atoms with Gasteiger partial charge in [0.25, 0.3) is 0 Å². The Morgan fingerprint density at radius 3 is 2.81 bits per heavy atom. The predicted molar refractivity (Wildman–Crippen MR) is 66.2 cm³/mol. The van der Waals surface area contributed by atoms with Crippen LogP contribution in [0.2, 0.25) is 0 Å². The summed E-state index contributed by atoms with van der Waals surface area (Å²) < 4.78 is 0. The molecular weight excluding hydrogens is 200 g/mol.